The molecule has 0 unspecified atom stereocenters. The summed E-state index contributed by atoms with van der Waals surface area (Å²) in [6.45, 7) is 1.01. The SMILES string of the molecule is O=C(Nc1ccccc1SCc1ccc(Cl)cc1)c1ccc2c(c1)OCCO2. The van der Waals surface area contributed by atoms with Crippen LogP contribution in [0, 0.1) is 0 Å². The van der Waals surface area contributed by atoms with Crippen LogP contribution < -0.4 is 14.8 Å². The monoisotopic (exact) mass is 411 g/mol. The molecular weight excluding hydrogens is 394 g/mol. The minimum absolute atomic E-state index is 0.184. The van der Waals surface area contributed by atoms with Crippen LogP contribution in [0.5, 0.6) is 11.5 Å². The van der Waals surface area contributed by atoms with Crippen molar-refractivity contribution in [2.45, 2.75) is 10.6 Å². The van der Waals surface area contributed by atoms with E-state index in [2.05, 4.69) is 5.32 Å². The van der Waals surface area contributed by atoms with Crippen molar-refractivity contribution in [2.24, 2.45) is 0 Å². The first-order valence-corrected chi connectivity index (χ1v) is 10.2. The molecule has 4 rings (SSSR count). The van der Waals surface area contributed by atoms with Gasteiger partial charge in [-0.3, -0.25) is 4.79 Å². The number of ether oxygens (including phenoxy) is 2. The van der Waals surface area contributed by atoms with Gasteiger partial charge in [0.1, 0.15) is 13.2 Å². The number of carbonyl (C=O) groups excluding carboxylic acids is 1. The molecule has 0 aliphatic carbocycles. The zero-order valence-corrected chi connectivity index (χ0v) is 16.6. The van der Waals surface area contributed by atoms with E-state index in [1.165, 1.54) is 5.56 Å². The Kier molecular flexibility index (Phi) is 5.74. The van der Waals surface area contributed by atoms with E-state index in [1.54, 1.807) is 30.0 Å². The average molecular weight is 412 g/mol. The molecule has 142 valence electrons. The number of rotatable bonds is 5. The standard InChI is InChI=1S/C22H18ClNO3S/c23-17-8-5-15(6-9-17)14-28-21-4-2-1-3-18(21)24-22(25)16-7-10-19-20(13-16)27-12-11-26-19/h1-10,13H,11-12,14H2,(H,24,25). The summed E-state index contributed by atoms with van der Waals surface area (Å²) >= 11 is 7.61. The molecule has 3 aromatic carbocycles. The van der Waals surface area contributed by atoms with Crippen molar-refractivity contribution in [1.29, 1.82) is 0 Å². The lowest BCUT2D eigenvalue weighted by molar-refractivity contribution is 0.102. The predicted molar refractivity (Wildman–Crippen MR) is 113 cm³/mol. The number of anilines is 1. The number of benzene rings is 3. The summed E-state index contributed by atoms with van der Waals surface area (Å²) in [5, 5.41) is 3.72. The average Bonchev–Trinajstić information content (AvgIpc) is 2.74. The lowest BCUT2D eigenvalue weighted by atomic mass is 10.1. The van der Waals surface area contributed by atoms with E-state index in [-0.39, 0.29) is 5.91 Å². The van der Waals surface area contributed by atoms with Gasteiger partial charge >= 0.3 is 0 Å². The zero-order valence-electron chi connectivity index (χ0n) is 15.0. The number of thioether (sulfide) groups is 1. The van der Waals surface area contributed by atoms with E-state index in [1.807, 2.05) is 48.5 Å². The Morgan fingerprint density at radius 2 is 1.71 bits per heavy atom. The Morgan fingerprint density at radius 3 is 2.54 bits per heavy atom. The minimum atomic E-state index is -0.184. The van der Waals surface area contributed by atoms with Gasteiger partial charge in [-0.05, 0) is 48.0 Å². The molecule has 0 radical (unpaired) electrons. The fraction of sp³-hybridized carbons (Fsp3) is 0.136. The summed E-state index contributed by atoms with van der Waals surface area (Å²) in [6.07, 6.45) is 0. The third-order valence-corrected chi connectivity index (χ3v) is 5.64. The first kappa shape index (κ1) is 18.7. The fourth-order valence-corrected chi connectivity index (χ4v) is 3.91. The first-order chi connectivity index (χ1) is 13.7. The van der Waals surface area contributed by atoms with E-state index in [9.17, 15) is 4.79 Å². The highest BCUT2D eigenvalue weighted by Crippen LogP contribution is 2.33. The molecule has 1 aliphatic heterocycles. The van der Waals surface area contributed by atoms with Gasteiger partial charge in [-0.15, -0.1) is 11.8 Å². The van der Waals surface area contributed by atoms with Gasteiger partial charge in [-0.25, -0.2) is 0 Å². The molecule has 3 aromatic rings. The maximum atomic E-state index is 12.7. The molecule has 1 aliphatic rings. The maximum absolute atomic E-state index is 12.7. The van der Waals surface area contributed by atoms with E-state index >= 15 is 0 Å². The number of nitrogens with one attached hydrogen (secondary N) is 1. The van der Waals surface area contributed by atoms with Crippen LogP contribution in [0.4, 0.5) is 5.69 Å². The van der Waals surface area contributed by atoms with Crippen molar-refractivity contribution in [3.05, 3.63) is 82.9 Å². The highest BCUT2D eigenvalue weighted by Gasteiger charge is 2.16. The van der Waals surface area contributed by atoms with Crippen molar-refractivity contribution >= 4 is 35.0 Å². The fourth-order valence-electron chi connectivity index (χ4n) is 2.82. The van der Waals surface area contributed by atoms with Crippen LogP contribution in [0.15, 0.2) is 71.6 Å². The third kappa shape index (κ3) is 4.43. The smallest absolute Gasteiger partial charge is 0.255 e. The number of para-hydroxylation sites is 1. The van der Waals surface area contributed by atoms with Crippen LogP contribution in [0.1, 0.15) is 15.9 Å². The normalized spacial score (nSPS) is 12.5. The minimum Gasteiger partial charge on any atom is -0.486 e. The Morgan fingerprint density at radius 1 is 0.964 bits per heavy atom. The van der Waals surface area contributed by atoms with Gasteiger partial charge in [0.2, 0.25) is 0 Å². The molecule has 28 heavy (non-hydrogen) atoms. The first-order valence-electron chi connectivity index (χ1n) is 8.86. The van der Waals surface area contributed by atoms with Crippen LogP contribution in [0.25, 0.3) is 0 Å². The number of hydrogen-bond donors (Lipinski definition) is 1. The van der Waals surface area contributed by atoms with Gasteiger partial charge in [-0.2, -0.15) is 0 Å². The molecule has 0 spiro atoms. The van der Waals surface area contributed by atoms with Crippen molar-refractivity contribution in [1.82, 2.24) is 0 Å². The van der Waals surface area contributed by atoms with Crippen molar-refractivity contribution < 1.29 is 14.3 Å². The Balaban J connectivity index is 1.47. The molecule has 0 fully saturated rings. The molecule has 0 aromatic heterocycles. The van der Waals surface area contributed by atoms with Gasteiger partial charge in [0.15, 0.2) is 11.5 Å². The number of fused-ring (bicyclic) bond motifs is 1. The molecule has 4 nitrogen and oxygen atoms in total. The Labute approximate surface area is 172 Å². The number of amides is 1. The second kappa shape index (κ2) is 8.59. The highest BCUT2D eigenvalue weighted by molar-refractivity contribution is 7.98. The van der Waals surface area contributed by atoms with Gasteiger partial charge in [-0.1, -0.05) is 35.9 Å². The molecule has 0 saturated heterocycles. The summed E-state index contributed by atoms with van der Waals surface area (Å²) in [7, 11) is 0. The van der Waals surface area contributed by atoms with Gasteiger partial charge < -0.3 is 14.8 Å². The Hall–Kier alpha value is -2.63. The van der Waals surface area contributed by atoms with Gasteiger partial charge in [0, 0.05) is 21.2 Å². The summed E-state index contributed by atoms with van der Waals surface area (Å²) in [5.74, 6) is 1.87. The highest BCUT2D eigenvalue weighted by atomic mass is 35.5. The molecule has 1 amide bonds. The topological polar surface area (TPSA) is 47.6 Å². The van der Waals surface area contributed by atoms with Gasteiger partial charge in [0.05, 0.1) is 5.69 Å². The van der Waals surface area contributed by atoms with Crippen LogP contribution in [-0.2, 0) is 5.75 Å². The molecule has 0 saturated carbocycles. The number of carbonyl (C=O) groups is 1. The van der Waals surface area contributed by atoms with Crippen LogP contribution in [0.3, 0.4) is 0 Å². The summed E-state index contributed by atoms with van der Waals surface area (Å²) < 4.78 is 11.1. The molecule has 1 N–H and O–H groups in total. The van der Waals surface area contributed by atoms with Crippen LogP contribution in [-0.4, -0.2) is 19.1 Å². The van der Waals surface area contributed by atoms with Crippen molar-refractivity contribution in [3.63, 3.8) is 0 Å². The molecular formula is C22H18ClNO3S. The van der Waals surface area contributed by atoms with E-state index in [4.69, 9.17) is 21.1 Å². The molecule has 1 heterocycles. The maximum Gasteiger partial charge on any atom is 0.255 e. The Bertz CT molecular complexity index is 991. The van der Waals surface area contributed by atoms with E-state index in [0.29, 0.717) is 30.3 Å². The van der Waals surface area contributed by atoms with Crippen LogP contribution >= 0.6 is 23.4 Å². The predicted octanol–water partition coefficient (Wildman–Crippen LogP) is 5.66. The largest absolute Gasteiger partial charge is 0.486 e. The second-order valence-corrected chi connectivity index (χ2v) is 7.68. The quantitative estimate of drug-likeness (QED) is 0.550. The second-order valence-electron chi connectivity index (χ2n) is 6.22. The van der Waals surface area contributed by atoms with Gasteiger partial charge in [0.25, 0.3) is 5.91 Å². The third-order valence-electron chi connectivity index (χ3n) is 4.25. The summed E-state index contributed by atoms with van der Waals surface area (Å²) in [5.41, 5.74) is 2.48. The number of halogens is 1. The summed E-state index contributed by atoms with van der Waals surface area (Å²) in [4.78, 5) is 13.7. The van der Waals surface area contributed by atoms with Crippen molar-refractivity contribution in [2.75, 3.05) is 18.5 Å². The van der Waals surface area contributed by atoms with E-state index < -0.39 is 0 Å². The summed E-state index contributed by atoms with van der Waals surface area (Å²) in [6, 6.07) is 20.8. The molecule has 0 bridgehead atoms. The molecule has 0 atom stereocenters. The van der Waals surface area contributed by atoms with Crippen LogP contribution in [0.2, 0.25) is 5.02 Å². The zero-order chi connectivity index (χ0) is 19.3. The van der Waals surface area contributed by atoms with E-state index in [0.717, 1.165) is 21.4 Å². The van der Waals surface area contributed by atoms with Crippen molar-refractivity contribution in [3.8, 4) is 11.5 Å². The molecule has 6 heteroatoms. The lowest BCUT2D eigenvalue weighted by Crippen LogP contribution is -2.17. The number of hydrogen-bond acceptors (Lipinski definition) is 4. The lowest BCUT2D eigenvalue weighted by Gasteiger charge is -2.19.